The summed E-state index contributed by atoms with van der Waals surface area (Å²) >= 11 is 1.82. The van der Waals surface area contributed by atoms with Crippen molar-refractivity contribution < 1.29 is 4.74 Å². The summed E-state index contributed by atoms with van der Waals surface area (Å²) in [7, 11) is 0. The molecule has 0 radical (unpaired) electrons. The van der Waals surface area contributed by atoms with Crippen LogP contribution in [0.5, 0.6) is 0 Å². The molecule has 0 unspecified atom stereocenters. The normalized spacial score (nSPS) is 24.4. The van der Waals surface area contributed by atoms with Crippen LogP contribution in [0.2, 0.25) is 0 Å². The number of nitrogens with zero attached hydrogens (tertiary/aromatic N) is 3. The number of thiazole rings is 1. The Balaban J connectivity index is 1.30. The minimum absolute atomic E-state index is 0.181. The van der Waals surface area contributed by atoms with Crippen LogP contribution in [0.4, 0.5) is 0 Å². The first-order valence-electron chi connectivity index (χ1n) is 8.62. The Morgan fingerprint density at radius 3 is 3.09 bits per heavy atom. The molecule has 2 aliphatic rings. The van der Waals surface area contributed by atoms with Crippen LogP contribution in [0.15, 0.2) is 17.8 Å². The number of aromatic nitrogens is 3. The summed E-state index contributed by atoms with van der Waals surface area (Å²) in [5.41, 5.74) is 2.40. The molecule has 3 heterocycles. The van der Waals surface area contributed by atoms with Gasteiger partial charge in [-0.25, -0.2) is 4.98 Å². The lowest BCUT2D eigenvalue weighted by molar-refractivity contribution is 0.0903. The van der Waals surface area contributed by atoms with Crippen LogP contribution in [0.1, 0.15) is 54.5 Å². The third kappa shape index (κ3) is 3.49. The van der Waals surface area contributed by atoms with E-state index < -0.39 is 0 Å². The fourth-order valence-electron chi connectivity index (χ4n) is 3.22. The second-order valence-corrected chi connectivity index (χ2v) is 7.44. The molecule has 0 spiro atoms. The number of hydrogen-bond donors (Lipinski definition) is 1. The summed E-state index contributed by atoms with van der Waals surface area (Å²) in [6.45, 7) is 5.69. The molecular weight excluding hydrogens is 308 g/mol. The Labute approximate surface area is 141 Å². The predicted octanol–water partition coefficient (Wildman–Crippen LogP) is 3.10. The van der Waals surface area contributed by atoms with Crippen LogP contribution in [0, 0.1) is 5.92 Å². The van der Waals surface area contributed by atoms with E-state index in [1.54, 1.807) is 0 Å². The van der Waals surface area contributed by atoms with Gasteiger partial charge in [-0.2, -0.15) is 5.10 Å². The summed E-state index contributed by atoms with van der Waals surface area (Å²) in [5.74, 6) is 1.28. The standard InChI is InChI=1S/C17H24N4OS/c1-2-21-10-14(8-19-21)16-13(5-6-22-16)7-18-9-15-11-23-17(20-15)12-3-4-12/h8,10-13,16,18H,2-7,9H2,1H3/t13-,16+/m1/s1. The minimum atomic E-state index is 0.181. The Morgan fingerprint density at radius 1 is 1.39 bits per heavy atom. The van der Waals surface area contributed by atoms with Gasteiger partial charge >= 0.3 is 0 Å². The van der Waals surface area contributed by atoms with Crippen molar-refractivity contribution in [3.63, 3.8) is 0 Å². The second kappa shape index (κ2) is 6.71. The van der Waals surface area contributed by atoms with Crippen molar-refractivity contribution in [1.82, 2.24) is 20.1 Å². The second-order valence-electron chi connectivity index (χ2n) is 6.55. The predicted molar refractivity (Wildman–Crippen MR) is 90.5 cm³/mol. The molecule has 2 atom stereocenters. The zero-order valence-electron chi connectivity index (χ0n) is 13.6. The Morgan fingerprint density at radius 2 is 2.30 bits per heavy atom. The molecule has 5 nitrogen and oxygen atoms in total. The average molecular weight is 332 g/mol. The molecule has 0 aromatic carbocycles. The van der Waals surface area contributed by atoms with E-state index in [4.69, 9.17) is 9.72 Å². The van der Waals surface area contributed by atoms with Gasteiger partial charge in [0.2, 0.25) is 0 Å². The molecule has 4 rings (SSSR count). The van der Waals surface area contributed by atoms with E-state index in [2.05, 4.69) is 28.9 Å². The van der Waals surface area contributed by atoms with Gasteiger partial charge in [0.1, 0.15) is 0 Å². The van der Waals surface area contributed by atoms with Crippen molar-refractivity contribution in [2.75, 3.05) is 13.2 Å². The van der Waals surface area contributed by atoms with Gasteiger partial charge in [-0.15, -0.1) is 11.3 Å². The van der Waals surface area contributed by atoms with E-state index in [0.29, 0.717) is 5.92 Å². The third-order valence-corrected chi connectivity index (χ3v) is 5.78. The van der Waals surface area contributed by atoms with E-state index in [-0.39, 0.29) is 6.10 Å². The maximum atomic E-state index is 5.95. The molecule has 1 aliphatic carbocycles. The molecule has 1 saturated heterocycles. The molecule has 0 bridgehead atoms. The highest BCUT2D eigenvalue weighted by atomic mass is 32.1. The fraction of sp³-hybridized carbons (Fsp3) is 0.647. The molecule has 124 valence electrons. The van der Waals surface area contributed by atoms with Gasteiger partial charge < -0.3 is 10.1 Å². The highest BCUT2D eigenvalue weighted by molar-refractivity contribution is 7.09. The first-order valence-corrected chi connectivity index (χ1v) is 9.50. The van der Waals surface area contributed by atoms with Crippen LogP contribution in [-0.2, 0) is 17.8 Å². The maximum absolute atomic E-state index is 5.95. The van der Waals surface area contributed by atoms with Gasteiger partial charge in [0, 0.05) is 55.2 Å². The van der Waals surface area contributed by atoms with E-state index in [9.17, 15) is 0 Å². The van der Waals surface area contributed by atoms with E-state index in [0.717, 1.165) is 38.6 Å². The number of hydrogen-bond acceptors (Lipinski definition) is 5. The van der Waals surface area contributed by atoms with Crippen LogP contribution >= 0.6 is 11.3 Å². The van der Waals surface area contributed by atoms with Crippen molar-refractivity contribution >= 4 is 11.3 Å². The van der Waals surface area contributed by atoms with Crippen molar-refractivity contribution in [3.05, 3.63) is 34.0 Å². The van der Waals surface area contributed by atoms with Crippen LogP contribution in [0.25, 0.3) is 0 Å². The van der Waals surface area contributed by atoms with Gasteiger partial charge in [-0.1, -0.05) is 0 Å². The lowest BCUT2D eigenvalue weighted by Crippen LogP contribution is -2.24. The fourth-order valence-corrected chi connectivity index (χ4v) is 4.21. The smallest absolute Gasteiger partial charge is 0.0959 e. The molecular formula is C17H24N4OS. The summed E-state index contributed by atoms with van der Waals surface area (Å²) in [5, 5.41) is 11.5. The molecule has 1 N–H and O–H groups in total. The van der Waals surface area contributed by atoms with Gasteiger partial charge in [-0.3, -0.25) is 4.68 Å². The van der Waals surface area contributed by atoms with Gasteiger partial charge in [0.25, 0.3) is 0 Å². The van der Waals surface area contributed by atoms with E-state index >= 15 is 0 Å². The SMILES string of the molecule is CCn1cc([C@H]2OCC[C@@H]2CNCc2csc(C3CC3)n2)cn1. The summed E-state index contributed by atoms with van der Waals surface area (Å²) in [6, 6.07) is 0. The first kappa shape index (κ1) is 15.3. The van der Waals surface area contributed by atoms with Gasteiger partial charge in [0.15, 0.2) is 0 Å². The average Bonchev–Trinajstić information content (AvgIpc) is 2.99. The Hall–Kier alpha value is -1.24. The Bertz CT molecular complexity index is 649. The molecule has 1 saturated carbocycles. The quantitative estimate of drug-likeness (QED) is 0.846. The number of aryl methyl sites for hydroxylation is 1. The molecule has 23 heavy (non-hydrogen) atoms. The summed E-state index contributed by atoms with van der Waals surface area (Å²) in [4.78, 5) is 4.74. The summed E-state index contributed by atoms with van der Waals surface area (Å²) < 4.78 is 7.92. The number of nitrogens with one attached hydrogen (secondary N) is 1. The van der Waals surface area contributed by atoms with Crippen molar-refractivity contribution in [1.29, 1.82) is 0 Å². The molecule has 1 aliphatic heterocycles. The minimum Gasteiger partial charge on any atom is -0.373 e. The largest absolute Gasteiger partial charge is 0.373 e. The van der Waals surface area contributed by atoms with Crippen molar-refractivity contribution in [3.8, 4) is 0 Å². The lowest BCUT2D eigenvalue weighted by Gasteiger charge is -2.17. The Kier molecular flexibility index (Phi) is 4.46. The van der Waals surface area contributed by atoms with Crippen LogP contribution in [0.3, 0.4) is 0 Å². The zero-order valence-corrected chi connectivity index (χ0v) is 14.4. The van der Waals surface area contributed by atoms with E-state index in [1.165, 1.54) is 29.1 Å². The topological polar surface area (TPSA) is 52.0 Å². The number of ether oxygens (including phenoxy) is 1. The monoisotopic (exact) mass is 332 g/mol. The van der Waals surface area contributed by atoms with Crippen molar-refractivity contribution in [2.45, 2.75) is 51.3 Å². The molecule has 2 fully saturated rings. The molecule has 0 amide bonds. The van der Waals surface area contributed by atoms with Crippen LogP contribution in [-0.4, -0.2) is 27.9 Å². The zero-order chi connectivity index (χ0) is 15.6. The number of rotatable bonds is 7. The molecule has 2 aromatic rings. The lowest BCUT2D eigenvalue weighted by atomic mass is 9.97. The van der Waals surface area contributed by atoms with Gasteiger partial charge in [0.05, 0.1) is 23.0 Å². The highest BCUT2D eigenvalue weighted by Gasteiger charge is 2.30. The van der Waals surface area contributed by atoms with Crippen molar-refractivity contribution in [2.24, 2.45) is 5.92 Å². The highest BCUT2D eigenvalue weighted by Crippen LogP contribution is 2.41. The maximum Gasteiger partial charge on any atom is 0.0959 e. The third-order valence-electron chi connectivity index (χ3n) is 4.73. The molecule has 6 heteroatoms. The molecule has 2 aromatic heterocycles. The van der Waals surface area contributed by atoms with E-state index in [1.807, 2.05) is 22.2 Å². The first-order chi connectivity index (χ1) is 11.3. The van der Waals surface area contributed by atoms with Crippen LogP contribution < -0.4 is 5.32 Å². The summed E-state index contributed by atoms with van der Waals surface area (Å²) in [6.07, 6.45) is 8.01. The van der Waals surface area contributed by atoms with Gasteiger partial charge in [-0.05, 0) is 26.2 Å².